The van der Waals surface area contributed by atoms with Gasteiger partial charge in [0.15, 0.2) is 0 Å². The van der Waals surface area contributed by atoms with Crippen LogP contribution in [0.5, 0.6) is 0 Å². The molecule has 1 saturated heterocycles. The molecule has 0 bridgehead atoms. The number of hydrogen-bond donors (Lipinski definition) is 1. The molecule has 4 nitrogen and oxygen atoms in total. The third kappa shape index (κ3) is 3.65. The van der Waals surface area contributed by atoms with Crippen LogP contribution in [0.3, 0.4) is 0 Å². The second-order valence-corrected chi connectivity index (χ2v) is 7.58. The molecule has 1 aromatic rings. The minimum atomic E-state index is -3.41. The molecule has 1 fully saturated rings. The van der Waals surface area contributed by atoms with E-state index >= 15 is 0 Å². The number of benzene rings is 1. The molecule has 0 radical (unpaired) electrons. The summed E-state index contributed by atoms with van der Waals surface area (Å²) in [6, 6.07) is 6.51. The Morgan fingerprint density at radius 3 is 2.52 bits per heavy atom. The summed E-state index contributed by atoms with van der Waals surface area (Å²) >= 11 is 0. The molecule has 0 saturated carbocycles. The first kappa shape index (κ1) is 16.0. The second kappa shape index (κ2) is 6.61. The van der Waals surface area contributed by atoms with Crippen LogP contribution >= 0.6 is 0 Å². The summed E-state index contributed by atoms with van der Waals surface area (Å²) in [5.41, 5.74) is 0.699. The van der Waals surface area contributed by atoms with Gasteiger partial charge in [-0.1, -0.05) is 25.7 Å². The number of nitrogens with zero attached hydrogens (tertiary/aromatic N) is 1. The number of rotatable bonds is 3. The third-order valence-electron chi connectivity index (χ3n) is 3.93. The summed E-state index contributed by atoms with van der Waals surface area (Å²) in [6.45, 7) is 5.26. The van der Waals surface area contributed by atoms with E-state index in [0.29, 0.717) is 35.4 Å². The smallest absolute Gasteiger partial charge is 0.243 e. The van der Waals surface area contributed by atoms with Crippen LogP contribution in [-0.4, -0.2) is 37.5 Å². The maximum Gasteiger partial charge on any atom is 0.243 e. The fourth-order valence-electron chi connectivity index (χ4n) is 2.52. The molecule has 2 rings (SSSR count). The molecule has 1 aromatic carbocycles. The zero-order chi connectivity index (χ0) is 15.5. The van der Waals surface area contributed by atoms with Crippen molar-refractivity contribution in [1.82, 2.24) is 4.31 Å². The van der Waals surface area contributed by atoms with Crippen molar-refractivity contribution in [3.63, 3.8) is 0 Å². The molecule has 114 valence electrons. The van der Waals surface area contributed by atoms with Gasteiger partial charge < -0.3 is 5.11 Å². The van der Waals surface area contributed by atoms with Crippen molar-refractivity contribution in [2.24, 2.45) is 11.8 Å². The van der Waals surface area contributed by atoms with Gasteiger partial charge >= 0.3 is 0 Å². The van der Waals surface area contributed by atoms with Gasteiger partial charge in [0.1, 0.15) is 6.61 Å². The summed E-state index contributed by atoms with van der Waals surface area (Å²) in [5.74, 6) is 6.24. The fraction of sp³-hybridized carbons (Fsp3) is 0.500. The molecular formula is C16H21NO3S. The first-order valence-electron chi connectivity index (χ1n) is 7.15. The van der Waals surface area contributed by atoms with E-state index in [9.17, 15) is 8.42 Å². The first-order chi connectivity index (χ1) is 9.95. The summed E-state index contributed by atoms with van der Waals surface area (Å²) in [5, 5.41) is 8.65. The van der Waals surface area contributed by atoms with Crippen LogP contribution in [0.1, 0.15) is 25.8 Å². The van der Waals surface area contributed by atoms with Crippen molar-refractivity contribution in [2.75, 3.05) is 19.7 Å². The highest BCUT2D eigenvalue weighted by molar-refractivity contribution is 7.89. The van der Waals surface area contributed by atoms with Crippen LogP contribution in [-0.2, 0) is 10.0 Å². The Bertz CT molecular complexity index is 638. The summed E-state index contributed by atoms with van der Waals surface area (Å²) in [7, 11) is -3.41. The fourth-order valence-corrected chi connectivity index (χ4v) is 4.03. The molecule has 1 aliphatic rings. The van der Waals surface area contributed by atoms with Crippen LogP contribution in [0.2, 0.25) is 0 Å². The summed E-state index contributed by atoms with van der Waals surface area (Å²) in [6.07, 6.45) is 0.928. The van der Waals surface area contributed by atoms with Gasteiger partial charge in [0.2, 0.25) is 10.0 Å². The van der Waals surface area contributed by atoms with Gasteiger partial charge in [0, 0.05) is 18.7 Å². The van der Waals surface area contributed by atoms with E-state index < -0.39 is 10.0 Å². The van der Waals surface area contributed by atoms with Gasteiger partial charge in [-0.25, -0.2) is 8.42 Å². The van der Waals surface area contributed by atoms with Crippen LogP contribution in [0, 0.1) is 23.7 Å². The van der Waals surface area contributed by atoms with Crippen molar-refractivity contribution in [3.8, 4) is 11.8 Å². The molecule has 0 aliphatic carbocycles. The van der Waals surface area contributed by atoms with Gasteiger partial charge in [-0.05, 0) is 42.5 Å². The SMILES string of the molecule is CC(C)C1CCN(S(=O)(=O)c2ccc(C#CCO)cc2)C1. The molecule has 1 heterocycles. The van der Waals surface area contributed by atoms with E-state index in [1.54, 1.807) is 28.6 Å². The monoisotopic (exact) mass is 307 g/mol. The van der Waals surface area contributed by atoms with Crippen LogP contribution in [0.15, 0.2) is 29.2 Å². The molecule has 0 amide bonds. The molecule has 1 N–H and O–H groups in total. The highest BCUT2D eigenvalue weighted by Crippen LogP contribution is 2.28. The Kier molecular flexibility index (Phi) is 5.04. The van der Waals surface area contributed by atoms with E-state index in [1.165, 1.54) is 0 Å². The lowest BCUT2D eigenvalue weighted by atomic mass is 9.96. The third-order valence-corrected chi connectivity index (χ3v) is 5.81. The Morgan fingerprint density at radius 1 is 1.33 bits per heavy atom. The molecule has 1 atom stereocenters. The number of sulfonamides is 1. The van der Waals surface area contributed by atoms with Crippen LogP contribution in [0.4, 0.5) is 0 Å². The minimum Gasteiger partial charge on any atom is -0.384 e. The first-order valence-corrected chi connectivity index (χ1v) is 8.59. The number of aliphatic hydroxyl groups is 1. The van der Waals surface area contributed by atoms with Crippen LogP contribution < -0.4 is 0 Å². The summed E-state index contributed by atoms with van der Waals surface area (Å²) < 4.78 is 26.7. The molecular weight excluding hydrogens is 286 g/mol. The average molecular weight is 307 g/mol. The normalized spacial score (nSPS) is 19.5. The summed E-state index contributed by atoms with van der Waals surface area (Å²) in [4.78, 5) is 0.307. The Hall–Kier alpha value is -1.35. The zero-order valence-electron chi connectivity index (χ0n) is 12.4. The van der Waals surface area contributed by atoms with Crippen molar-refractivity contribution in [2.45, 2.75) is 25.2 Å². The maximum absolute atomic E-state index is 12.6. The number of hydrogen-bond acceptors (Lipinski definition) is 3. The quantitative estimate of drug-likeness (QED) is 0.865. The highest BCUT2D eigenvalue weighted by Gasteiger charge is 2.33. The van der Waals surface area contributed by atoms with Crippen molar-refractivity contribution in [3.05, 3.63) is 29.8 Å². The van der Waals surface area contributed by atoms with Crippen molar-refractivity contribution >= 4 is 10.0 Å². The predicted molar refractivity (Wildman–Crippen MR) is 82.1 cm³/mol. The van der Waals surface area contributed by atoms with E-state index in [4.69, 9.17) is 5.11 Å². The van der Waals surface area contributed by atoms with Gasteiger partial charge in [0.25, 0.3) is 0 Å². The van der Waals surface area contributed by atoms with E-state index in [-0.39, 0.29) is 6.61 Å². The maximum atomic E-state index is 12.6. The predicted octanol–water partition coefficient (Wildman–Crippen LogP) is 1.70. The van der Waals surface area contributed by atoms with Crippen LogP contribution in [0.25, 0.3) is 0 Å². The lowest BCUT2D eigenvalue weighted by Crippen LogP contribution is -2.29. The van der Waals surface area contributed by atoms with E-state index in [2.05, 4.69) is 25.7 Å². The molecule has 1 unspecified atom stereocenters. The molecule has 0 aromatic heterocycles. The average Bonchev–Trinajstić information content (AvgIpc) is 2.96. The standard InChI is InChI=1S/C16H21NO3S/c1-13(2)15-9-10-17(12-15)21(19,20)16-7-5-14(6-8-16)4-3-11-18/h5-8,13,15,18H,9-12H2,1-2H3. The lowest BCUT2D eigenvalue weighted by Gasteiger charge is -2.18. The lowest BCUT2D eigenvalue weighted by molar-refractivity contribution is 0.350. The minimum absolute atomic E-state index is 0.204. The second-order valence-electron chi connectivity index (χ2n) is 5.64. The Labute approximate surface area is 126 Å². The van der Waals surface area contributed by atoms with E-state index in [0.717, 1.165) is 6.42 Å². The Morgan fingerprint density at radius 2 is 2.00 bits per heavy atom. The topological polar surface area (TPSA) is 57.6 Å². The van der Waals surface area contributed by atoms with E-state index in [1.807, 2.05) is 0 Å². The van der Waals surface area contributed by atoms with Gasteiger partial charge in [-0.15, -0.1) is 0 Å². The number of aliphatic hydroxyl groups excluding tert-OH is 1. The van der Waals surface area contributed by atoms with Crippen molar-refractivity contribution in [1.29, 1.82) is 0 Å². The van der Waals surface area contributed by atoms with Gasteiger partial charge in [-0.3, -0.25) is 0 Å². The molecule has 1 aliphatic heterocycles. The molecule has 21 heavy (non-hydrogen) atoms. The van der Waals surface area contributed by atoms with Gasteiger partial charge in [-0.2, -0.15) is 4.31 Å². The zero-order valence-corrected chi connectivity index (χ0v) is 13.2. The Balaban J connectivity index is 2.17. The largest absolute Gasteiger partial charge is 0.384 e. The molecule has 5 heteroatoms. The van der Waals surface area contributed by atoms with Crippen molar-refractivity contribution < 1.29 is 13.5 Å². The molecule has 0 spiro atoms. The highest BCUT2D eigenvalue weighted by atomic mass is 32.2. The van der Waals surface area contributed by atoms with Gasteiger partial charge in [0.05, 0.1) is 4.90 Å².